The summed E-state index contributed by atoms with van der Waals surface area (Å²) in [5.41, 5.74) is 5.68. The Morgan fingerprint density at radius 1 is 0.871 bits per heavy atom. The van der Waals surface area contributed by atoms with E-state index in [-0.39, 0.29) is 12.5 Å². The van der Waals surface area contributed by atoms with Crippen LogP contribution < -0.4 is 5.32 Å². The van der Waals surface area contributed by atoms with Crippen molar-refractivity contribution in [2.75, 3.05) is 6.61 Å². The molecule has 0 radical (unpaired) electrons. The van der Waals surface area contributed by atoms with E-state index in [0.717, 1.165) is 34.2 Å². The molecule has 0 spiro atoms. The van der Waals surface area contributed by atoms with Crippen molar-refractivity contribution in [3.05, 3.63) is 95.6 Å². The van der Waals surface area contributed by atoms with Crippen molar-refractivity contribution in [3.8, 4) is 11.1 Å². The molecule has 1 aliphatic carbocycles. The largest absolute Gasteiger partial charge is 0.480 e. The molecule has 0 heterocycles. The van der Waals surface area contributed by atoms with Gasteiger partial charge in [0, 0.05) is 5.92 Å². The van der Waals surface area contributed by atoms with E-state index in [0.29, 0.717) is 12.8 Å². The number of carbonyl (C=O) groups is 2. The van der Waals surface area contributed by atoms with Crippen molar-refractivity contribution in [3.63, 3.8) is 0 Å². The second-order valence-corrected chi connectivity index (χ2v) is 7.74. The van der Waals surface area contributed by atoms with Crippen LogP contribution in [0.25, 0.3) is 11.1 Å². The maximum Gasteiger partial charge on any atom is 0.407 e. The first-order valence-electron chi connectivity index (χ1n) is 10.5. The van der Waals surface area contributed by atoms with Crippen LogP contribution in [0.5, 0.6) is 0 Å². The van der Waals surface area contributed by atoms with Crippen LogP contribution in [0.1, 0.15) is 35.4 Å². The Kier molecular flexibility index (Phi) is 6.32. The monoisotopic (exact) mass is 415 g/mol. The molecule has 4 rings (SSSR count). The van der Waals surface area contributed by atoms with E-state index in [4.69, 9.17) is 4.74 Å². The third kappa shape index (κ3) is 4.77. The molecule has 3 aromatic carbocycles. The maximum absolute atomic E-state index is 12.4. The molecular weight excluding hydrogens is 390 g/mol. The summed E-state index contributed by atoms with van der Waals surface area (Å²) in [4.78, 5) is 24.0. The van der Waals surface area contributed by atoms with Crippen molar-refractivity contribution >= 4 is 12.1 Å². The fourth-order valence-electron chi connectivity index (χ4n) is 4.19. The number of hydrogen-bond acceptors (Lipinski definition) is 3. The zero-order chi connectivity index (χ0) is 21.6. The molecule has 2 N–H and O–H groups in total. The lowest BCUT2D eigenvalue weighted by atomic mass is 9.98. The smallest absolute Gasteiger partial charge is 0.407 e. The van der Waals surface area contributed by atoms with Crippen LogP contribution in [0, 0.1) is 0 Å². The number of rotatable bonds is 8. The SMILES string of the molecule is O=C(N[C@@H](CCCc1ccccc1)C(=O)O)OCC1c2ccccc2-c2ccccc21. The highest BCUT2D eigenvalue weighted by molar-refractivity contribution is 5.81. The van der Waals surface area contributed by atoms with E-state index < -0.39 is 18.1 Å². The van der Waals surface area contributed by atoms with Gasteiger partial charge in [0.25, 0.3) is 0 Å². The van der Waals surface area contributed by atoms with Gasteiger partial charge in [-0.05, 0) is 47.1 Å². The molecule has 3 aromatic rings. The van der Waals surface area contributed by atoms with E-state index in [1.54, 1.807) is 0 Å². The molecule has 1 atom stereocenters. The summed E-state index contributed by atoms with van der Waals surface area (Å²) in [5, 5.41) is 12.0. The van der Waals surface area contributed by atoms with E-state index in [1.165, 1.54) is 0 Å². The minimum Gasteiger partial charge on any atom is -0.480 e. The van der Waals surface area contributed by atoms with Crippen molar-refractivity contribution in [1.29, 1.82) is 0 Å². The fourth-order valence-corrected chi connectivity index (χ4v) is 4.19. The summed E-state index contributed by atoms with van der Waals surface area (Å²) in [7, 11) is 0. The van der Waals surface area contributed by atoms with Gasteiger partial charge >= 0.3 is 12.1 Å². The minimum absolute atomic E-state index is 0.0560. The zero-order valence-corrected chi connectivity index (χ0v) is 17.2. The molecule has 158 valence electrons. The standard InChI is InChI=1S/C26H25NO4/c28-25(29)24(16-8-11-18-9-2-1-3-10-18)27-26(30)31-17-23-21-14-6-4-12-19(21)20-13-5-7-15-22(20)23/h1-7,9-10,12-15,23-24H,8,11,16-17H2,(H,27,30)(H,28,29)/t24-/m0/s1. The number of nitrogens with one attached hydrogen (secondary N) is 1. The predicted molar refractivity (Wildman–Crippen MR) is 119 cm³/mol. The number of ether oxygens (including phenoxy) is 1. The molecule has 1 amide bonds. The molecule has 0 saturated heterocycles. The summed E-state index contributed by atoms with van der Waals surface area (Å²) >= 11 is 0. The Labute approximate surface area is 181 Å². The second kappa shape index (κ2) is 9.47. The fraction of sp³-hybridized carbons (Fsp3) is 0.231. The maximum atomic E-state index is 12.4. The Morgan fingerprint density at radius 3 is 2.06 bits per heavy atom. The van der Waals surface area contributed by atoms with Crippen LogP contribution in [-0.4, -0.2) is 29.8 Å². The zero-order valence-electron chi connectivity index (χ0n) is 17.2. The van der Waals surface area contributed by atoms with Gasteiger partial charge in [-0.2, -0.15) is 0 Å². The van der Waals surface area contributed by atoms with Crippen molar-refractivity contribution in [1.82, 2.24) is 5.32 Å². The number of benzene rings is 3. The van der Waals surface area contributed by atoms with E-state index in [2.05, 4.69) is 17.4 Å². The molecule has 0 saturated carbocycles. The number of alkyl carbamates (subject to hydrolysis) is 1. The van der Waals surface area contributed by atoms with Gasteiger partial charge in [-0.15, -0.1) is 0 Å². The lowest BCUT2D eigenvalue weighted by molar-refractivity contribution is -0.139. The highest BCUT2D eigenvalue weighted by Gasteiger charge is 2.29. The highest BCUT2D eigenvalue weighted by atomic mass is 16.5. The molecule has 31 heavy (non-hydrogen) atoms. The number of carbonyl (C=O) groups excluding carboxylic acids is 1. The van der Waals surface area contributed by atoms with Crippen LogP contribution in [0.2, 0.25) is 0 Å². The molecule has 0 aromatic heterocycles. The number of carboxylic acid groups (broad SMARTS) is 1. The molecule has 0 fully saturated rings. The summed E-state index contributed by atoms with van der Waals surface area (Å²) in [6.45, 7) is 0.163. The topological polar surface area (TPSA) is 75.6 Å². The second-order valence-electron chi connectivity index (χ2n) is 7.74. The number of amides is 1. The van der Waals surface area contributed by atoms with Crippen molar-refractivity contribution in [2.24, 2.45) is 0 Å². The van der Waals surface area contributed by atoms with Crippen LogP contribution in [0.15, 0.2) is 78.9 Å². The highest BCUT2D eigenvalue weighted by Crippen LogP contribution is 2.44. The predicted octanol–water partition coefficient (Wildman–Crippen LogP) is 5.00. The first-order valence-corrected chi connectivity index (χ1v) is 10.5. The quantitative estimate of drug-likeness (QED) is 0.543. The number of aliphatic carboxylic acids is 1. The number of hydrogen-bond donors (Lipinski definition) is 2. The first-order chi connectivity index (χ1) is 15.1. The van der Waals surface area contributed by atoms with Gasteiger partial charge in [-0.3, -0.25) is 0 Å². The Hall–Kier alpha value is -3.60. The molecular formula is C26H25NO4. The average Bonchev–Trinajstić information content (AvgIpc) is 3.11. The van der Waals surface area contributed by atoms with E-state index in [1.807, 2.05) is 66.7 Å². The van der Waals surface area contributed by atoms with Gasteiger partial charge in [-0.25, -0.2) is 9.59 Å². The molecule has 5 nitrogen and oxygen atoms in total. The van der Waals surface area contributed by atoms with Crippen LogP contribution in [-0.2, 0) is 16.0 Å². The number of fused-ring (bicyclic) bond motifs is 3. The molecule has 0 aliphatic heterocycles. The van der Waals surface area contributed by atoms with Gasteiger partial charge < -0.3 is 15.2 Å². The van der Waals surface area contributed by atoms with Crippen molar-refractivity contribution in [2.45, 2.75) is 31.2 Å². The van der Waals surface area contributed by atoms with Crippen LogP contribution in [0.4, 0.5) is 4.79 Å². The lowest BCUT2D eigenvalue weighted by Crippen LogP contribution is -2.41. The first kappa shape index (κ1) is 20.7. The van der Waals surface area contributed by atoms with Crippen molar-refractivity contribution < 1.29 is 19.4 Å². The summed E-state index contributed by atoms with van der Waals surface area (Å²) in [6.07, 6.45) is 1.06. The number of aryl methyl sites for hydroxylation is 1. The summed E-state index contributed by atoms with van der Waals surface area (Å²) in [6, 6.07) is 25.1. The Balaban J connectivity index is 1.34. The lowest BCUT2D eigenvalue weighted by Gasteiger charge is -2.17. The summed E-state index contributed by atoms with van der Waals surface area (Å²) < 4.78 is 5.47. The van der Waals surface area contributed by atoms with Crippen LogP contribution >= 0.6 is 0 Å². The van der Waals surface area contributed by atoms with Gasteiger partial charge in [-0.1, -0.05) is 78.9 Å². The number of carboxylic acids is 1. The Bertz CT molecular complexity index is 1020. The third-order valence-corrected chi connectivity index (χ3v) is 5.73. The van der Waals surface area contributed by atoms with Crippen LogP contribution in [0.3, 0.4) is 0 Å². The molecule has 5 heteroatoms. The van der Waals surface area contributed by atoms with E-state index >= 15 is 0 Å². The van der Waals surface area contributed by atoms with Gasteiger partial charge in [0.1, 0.15) is 12.6 Å². The van der Waals surface area contributed by atoms with Gasteiger partial charge in [0.2, 0.25) is 0 Å². The molecule has 1 aliphatic rings. The van der Waals surface area contributed by atoms with Gasteiger partial charge in [0.15, 0.2) is 0 Å². The Morgan fingerprint density at radius 2 is 1.45 bits per heavy atom. The third-order valence-electron chi connectivity index (χ3n) is 5.73. The van der Waals surface area contributed by atoms with Gasteiger partial charge in [0.05, 0.1) is 0 Å². The molecule has 0 unspecified atom stereocenters. The average molecular weight is 415 g/mol. The summed E-state index contributed by atoms with van der Waals surface area (Å²) in [5.74, 6) is -1.11. The molecule has 0 bridgehead atoms. The minimum atomic E-state index is -1.05. The van der Waals surface area contributed by atoms with E-state index in [9.17, 15) is 14.7 Å². The normalized spacial score (nSPS) is 13.2.